The molecule has 0 bridgehead atoms. The molecule has 10 heteroatoms. The number of rotatable bonds is 3. The minimum absolute atomic E-state index is 0.0233. The summed E-state index contributed by atoms with van der Waals surface area (Å²) in [5.41, 5.74) is 0.398. The highest BCUT2D eigenvalue weighted by atomic mass is 32.2. The van der Waals surface area contributed by atoms with Gasteiger partial charge in [-0.1, -0.05) is 24.3 Å². The summed E-state index contributed by atoms with van der Waals surface area (Å²) in [6.07, 6.45) is -1.07. The first-order valence-corrected chi connectivity index (χ1v) is 10.1. The molecule has 0 radical (unpaired) electrons. The summed E-state index contributed by atoms with van der Waals surface area (Å²) in [5.74, 6) is -1.82. The van der Waals surface area contributed by atoms with E-state index in [1.165, 1.54) is 30.2 Å². The van der Waals surface area contributed by atoms with E-state index in [4.69, 9.17) is 9.47 Å². The molecule has 0 fully saturated rings. The first-order valence-electron chi connectivity index (χ1n) is 8.64. The van der Waals surface area contributed by atoms with Crippen LogP contribution < -0.4 is 9.64 Å². The van der Waals surface area contributed by atoms with Crippen LogP contribution in [-0.4, -0.2) is 56.8 Å². The van der Waals surface area contributed by atoms with Crippen LogP contribution in [0.1, 0.15) is 10.4 Å². The molecule has 9 nitrogen and oxygen atoms in total. The Morgan fingerprint density at radius 2 is 1.83 bits per heavy atom. The fraction of sp³-hybridized carbons (Fsp3) is 0.211. The highest BCUT2D eigenvalue weighted by Crippen LogP contribution is 2.35. The summed E-state index contributed by atoms with van der Waals surface area (Å²) in [6.45, 7) is -0.865. The van der Waals surface area contributed by atoms with Crippen LogP contribution in [0.4, 0.5) is 5.69 Å². The van der Waals surface area contributed by atoms with Crippen LogP contribution in [-0.2, 0) is 24.3 Å². The molecule has 0 N–H and O–H groups in total. The molecule has 2 aromatic carbocycles. The second-order valence-electron chi connectivity index (χ2n) is 6.41. The highest BCUT2D eigenvalue weighted by Gasteiger charge is 2.43. The molecule has 2 aliphatic heterocycles. The second-order valence-corrected chi connectivity index (χ2v) is 8.25. The fourth-order valence-corrected chi connectivity index (χ4v) is 4.84. The maximum Gasteiger partial charge on any atom is 0.348 e. The maximum atomic E-state index is 13.0. The van der Waals surface area contributed by atoms with Crippen LogP contribution in [0, 0.1) is 0 Å². The van der Waals surface area contributed by atoms with Crippen molar-refractivity contribution in [2.24, 2.45) is 0 Å². The number of para-hydroxylation sites is 2. The largest absolute Gasteiger partial charge is 0.475 e. The van der Waals surface area contributed by atoms with E-state index in [1.807, 2.05) is 0 Å². The number of ether oxygens (including phenoxy) is 2. The predicted octanol–water partition coefficient (Wildman–Crippen LogP) is 0.798. The van der Waals surface area contributed by atoms with Crippen LogP contribution in [0.2, 0.25) is 0 Å². The summed E-state index contributed by atoms with van der Waals surface area (Å²) in [7, 11) is -2.93. The van der Waals surface area contributed by atoms with Gasteiger partial charge in [-0.2, -0.15) is 0 Å². The molecule has 2 aliphatic rings. The van der Waals surface area contributed by atoms with Crippen molar-refractivity contribution in [1.82, 2.24) is 4.31 Å². The Bertz CT molecular complexity index is 1130. The minimum Gasteiger partial charge on any atom is -0.475 e. The molecule has 2 aromatic rings. The number of carbonyl (C=O) groups excluding carboxylic acids is 3. The zero-order valence-corrected chi connectivity index (χ0v) is 16.1. The maximum absolute atomic E-state index is 13.0. The Kier molecular flexibility index (Phi) is 4.50. The number of esters is 1. The second kappa shape index (κ2) is 6.89. The van der Waals surface area contributed by atoms with E-state index in [2.05, 4.69) is 0 Å². The first kappa shape index (κ1) is 18.9. The zero-order valence-electron chi connectivity index (χ0n) is 15.3. The fourth-order valence-electron chi connectivity index (χ4n) is 3.32. The lowest BCUT2D eigenvalue weighted by Crippen LogP contribution is -2.50. The summed E-state index contributed by atoms with van der Waals surface area (Å²) in [4.78, 5) is 38.6. The standard InChI is InChI=1S/C19H16N2O7S/c1-27-19(24)15-10-20(13-7-3-4-8-14(13)28-15)17(22)11-21-18(23)12-6-2-5-9-16(12)29(21,25)26/h2-9,15H,10-11H2,1H3/t15-/m0/s1. The lowest BCUT2D eigenvalue weighted by atomic mass is 10.1. The van der Waals surface area contributed by atoms with Gasteiger partial charge in [0.2, 0.25) is 12.0 Å². The molecule has 0 unspecified atom stereocenters. The minimum atomic E-state index is -4.13. The number of carbonyl (C=O) groups is 3. The summed E-state index contributed by atoms with van der Waals surface area (Å²) in [6, 6.07) is 12.3. The van der Waals surface area contributed by atoms with Gasteiger partial charge in [0.05, 0.1) is 24.9 Å². The zero-order chi connectivity index (χ0) is 20.8. The third kappa shape index (κ3) is 3.01. The third-order valence-corrected chi connectivity index (χ3v) is 6.52. The smallest absolute Gasteiger partial charge is 0.348 e. The molecule has 0 spiro atoms. The van der Waals surface area contributed by atoms with E-state index in [0.717, 1.165) is 0 Å². The van der Waals surface area contributed by atoms with Gasteiger partial charge in [0.1, 0.15) is 17.2 Å². The van der Waals surface area contributed by atoms with Gasteiger partial charge in [0, 0.05) is 0 Å². The van der Waals surface area contributed by atoms with Gasteiger partial charge in [0.25, 0.3) is 15.9 Å². The normalized spacial score (nSPS) is 19.2. The van der Waals surface area contributed by atoms with E-state index < -0.39 is 40.5 Å². The molecule has 0 aliphatic carbocycles. The van der Waals surface area contributed by atoms with Crippen molar-refractivity contribution in [3.05, 3.63) is 54.1 Å². The van der Waals surface area contributed by atoms with Gasteiger partial charge < -0.3 is 14.4 Å². The Hall–Kier alpha value is -3.40. The lowest BCUT2D eigenvalue weighted by Gasteiger charge is -2.34. The number of fused-ring (bicyclic) bond motifs is 2. The lowest BCUT2D eigenvalue weighted by molar-refractivity contribution is -0.148. The number of hydrogen-bond donors (Lipinski definition) is 0. The SMILES string of the molecule is COC(=O)[C@@H]1CN(C(=O)CN2C(=O)c3ccccc3S2(=O)=O)c2ccccc2O1. The molecule has 0 saturated heterocycles. The van der Waals surface area contributed by atoms with E-state index in [1.54, 1.807) is 30.3 Å². The molecular weight excluding hydrogens is 400 g/mol. The average Bonchev–Trinajstić information content (AvgIpc) is 2.93. The number of benzene rings is 2. The Morgan fingerprint density at radius 1 is 1.14 bits per heavy atom. The average molecular weight is 416 g/mol. The van der Waals surface area contributed by atoms with Crippen molar-refractivity contribution >= 4 is 33.5 Å². The van der Waals surface area contributed by atoms with Crippen molar-refractivity contribution in [3.63, 3.8) is 0 Å². The van der Waals surface area contributed by atoms with Crippen LogP contribution in [0.5, 0.6) is 5.75 Å². The predicted molar refractivity (Wildman–Crippen MR) is 99.9 cm³/mol. The van der Waals surface area contributed by atoms with Gasteiger partial charge in [-0.15, -0.1) is 0 Å². The van der Waals surface area contributed by atoms with Gasteiger partial charge in [-0.3, -0.25) is 9.59 Å². The van der Waals surface area contributed by atoms with E-state index in [9.17, 15) is 22.8 Å². The van der Waals surface area contributed by atoms with Gasteiger partial charge in [0.15, 0.2) is 0 Å². The molecule has 0 aromatic heterocycles. The van der Waals surface area contributed by atoms with Crippen molar-refractivity contribution in [3.8, 4) is 5.75 Å². The van der Waals surface area contributed by atoms with E-state index in [0.29, 0.717) is 9.99 Å². The summed E-state index contributed by atoms with van der Waals surface area (Å²) < 4.78 is 36.2. The molecule has 2 heterocycles. The Morgan fingerprint density at radius 3 is 2.55 bits per heavy atom. The monoisotopic (exact) mass is 416 g/mol. The molecule has 4 rings (SSSR count). The van der Waals surface area contributed by atoms with Crippen LogP contribution >= 0.6 is 0 Å². The first-order chi connectivity index (χ1) is 13.8. The molecule has 29 heavy (non-hydrogen) atoms. The number of methoxy groups -OCH3 is 1. The molecule has 0 saturated carbocycles. The Balaban J connectivity index is 1.65. The number of anilines is 1. The van der Waals surface area contributed by atoms with Crippen LogP contribution in [0.3, 0.4) is 0 Å². The van der Waals surface area contributed by atoms with Crippen molar-refractivity contribution in [2.45, 2.75) is 11.0 Å². The highest BCUT2D eigenvalue weighted by molar-refractivity contribution is 7.90. The molecule has 150 valence electrons. The summed E-state index contributed by atoms with van der Waals surface area (Å²) >= 11 is 0. The van der Waals surface area contributed by atoms with Gasteiger partial charge in [-0.25, -0.2) is 17.5 Å². The molecular formula is C19H16N2O7S. The quantitative estimate of drug-likeness (QED) is 0.681. The van der Waals surface area contributed by atoms with Crippen molar-refractivity contribution in [2.75, 3.05) is 25.1 Å². The van der Waals surface area contributed by atoms with Crippen molar-refractivity contribution < 1.29 is 32.3 Å². The third-order valence-electron chi connectivity index (χ3n) is 4.73. The summed E-state index contributed by atoms with van der Waals surface area (Å²) in [5, 5.41) is 0. The van der Waals surface area contributed by atoms with Crippen LogP contribution in [0.25, 0.3) is 0 Å². The topological polar surface area (TPSA) is 110 Å². The van der Waals surface area contributed by atoms with E-state index in [-0.39, 0.29) is 22.8 Å². The van der Waals surface area contributed by atoms with Gasteiger partial charge in [-0.05, 0) is 24.3 Å². The van der Waals surface area contributed by atoms with E-state index >= 15 is 0 Å². The Labute approximate surface area is 166 Å². The van der Waals surface area contributed by atoms with Gasteiger partial charge >= 0.3 is 5.97 Å². The number of sulfonamides is 1. The number of amides is 2. The number of nitrogens with zero attached hydrogens (tertiary/aromatic N) is 2. The number of hydrogen-bond acceptors (Lipinski definition) is 7. The van der Waals surface area contributed by atoms with Crippen LogP contribution in [0.15, 0.2) is 53.4 Å². The molecule has 2 amide bonds. The van der Waals surface area contributed by atoms with Crippen molar-refractivity contribution in [1.29, 1.82) is 0 Å². The molecule has 1 atom stereocenters.